The first-order chi connectivity index (χ1) is 7.29. The third-order valence-corrected chi connectivity index (χ3v) is 3.42. The molecule has 3 nitrogen and oxygen atoms in total. The summed E-state index contributed by atoms with van der Waals surface area (Å²) in [7, 11) is 0. The van der Waals surface area contributed by atoms with E-state index in [0.29, 0.717) is 0 Å². The summed E-state index contributed by atoms with van der Waals surface area (Å²) < 4.78 is 1.05. The number of benzene rings is 1. The fourth-order valence-corrected chi connectivity index (χ4v) is 2.43. The van der Waals surface area contributed by atoms with E-state index in [1.165, 1.54) is 0 Å². The summed E-state index contributed by atoms with van der Waals surface area (Å²) in [5, 5.41) is 9.58. The Balaban J connectivity index is 2.16. The minimum Gasteiger partial charge on any atom is -0.396 e. The minimum absolute atomic E-state index is 0.235. The molecule has 2 aromatic rings. The van der Waals surface area contributed by atoms with Crippen molar-refractivity contribution < 1.29 is 5.11 Å². The highest BCUT2D eigenvalue weighted by Crippen LogP contribution is 2.22. The number of aliphatic hydroxyl groups excluding tert-OH is 1. The van der Waals surface area contributed by atoms with Crippen LogP contribution >= 0.6 is 27.7 Å². The van der Waals surface area contributed by atoms with E-state index >= 15 is 0 Å². The van der Waals surface area contributed by atoms with Crippen molar-refractivity contribution in [1.82, 2.24) is 9.97 Å². The Morgan fingerprint density at radius 1 is 1.47 bits per heavy atom. The van der Waals surface area contributed by atoms with Gasteiger partial charge in [-0.2, -0.15) is 0 Å². The number of hydrogen-bond acceptors (Lipinski definition) is 3. The third-order valence-electron chi connectivity index (χ3n) is 1.96. The second-order valence-corrected chi connectivity index (χ2v) is 5.13. The van der Waals surface area contributed by atoms with E-state index in [1.54, 1.807) is 11.8 Å². The van der Waals surface area contributed by atoms with Gasteiger partial charge in [0.2, 0.25) is 0 Å². The van der Waals surface area contributed by atoms with Crippen LogP contribution in [0.1, 0.15) is 6.42 Å². The number of rotatable bonds is 4. The topological polar surface area (TPSA) is 48.9 Å². The molecular weight excluding hydrogens is 276 g/mol. The van der Waals surface area contributed by atoms with E-state index in [9.17, 15) is 0 Å². The summed E-state index contributed by atoms with van der Waals surface area (Å²) in [5.41, 5.74) is 2.01. The molecule has 0 spiro atoms. The molecule has 1 aromatic carbocycles. The van der Waals surface area contributed by atoms with Crippen molar-refractivity contribution >= 4 is 38.7 Å². The van der Waals surface area contributed by atoms with Gasteiger partial charge in [0.25, 0.3) is 0 Å². The van der Waals surface area contributed by atoms with Gasteiger partial charge in [-0.15, -0.1) is 0 Å². The number of thioether (sulfide) groups is 1. The molecule has 0 bridgehead atoms. The summed E-state index contributed by atoms with van der Waals surface area (Å²) in [4.78, 5) is 7.67. The highest BCUT2D eigenvalue weighted by molar-refractivity contribution is 9.10. The van der Waals surface area contributed by atoms with Gasteiger partial charge in [-0.05, 0) is 24.6 Å². The van der Waals surface area contributed by atoms with Crippen LogP contribution in [-0.2, 0) is 0 Å². The quantitative estimate of drug-likeness (QED) is 0.671. The van der Waals surface area contributed by atoms with Gasteiger partial charge in [0.1, 0.15) is 0 Å². The first kappa shape index (κ1) is 11.0. The monoisotopic (exact) mass is 286 g/mol. The molecule has 0 aliphatic rings. The number of H-pyrrole nitrogens is 1. The Bertz CT molecular complexity index is 458. The van der Waals surface area contributed by atoms with Crippen molar-refractivity contribution in [3.8, 4) is 0 Å². The van der Waals surface area contributed by atoms with Crippen molar-refractivity contribution in [1.29, 1.82) is 0 Å². The zero-order valence-corrected chi connectivity index (χ0v) is 10.4. The predicted molar refractivity (Wildman–Crippen MR) is 66.2 cm³/mol. The van der Waals surface area contributed by atoms with Crippen molar-refractivity contribution in [3.63, 3.8) is 0 Å². The number of nitrogens with zero attached hydrogens (tertiary/aromatic N) is 1. The molecule has 0 saturated heterocycles. The molecule has 15 heavy (non-hydrogen) atoms. The molecule has 0 saturated carbocycles. The molecule has 0 aliphatic carbocycles. The average Bonchev–Trinajstić information content (AvgIpc) is 2.60. The van der Waals surface area contributed by atoms with Crippen molar-refractivity contribution in [2.24, 2.45) is 0 Å². The molecule has 1 aromatic heterocycles. The van der Waals surface area contributed by atoms with Gasteiger partial charge in [0.15, 0.2) is 5.16 Å². The smallest absolute Gasteiger partial charge is 0.166 e. The second-order valence-electron chi connectivity index (χ2n) is 3.13. The largest absolute Gasteiger partial charge is 0.396 e. The van der Waals surface area contributed by atoms with Crippen LogP contribution < -0.4 is 0 Å². The van der Waals surface area contributed by atoms with Gasteiger partial charge in [0.05, 0.1) is 11.0 Å². The maximum atomic E-state index is 8.67. The number of fused-ring (bicyclic) bond motifs is 1. The number of nitrogens with one attached hydrogen (secondary N) is 1. The number of aromatic nitrogens is 2. The highest BCUT2D eigenvalue weighted by Gasteiger charge is 2.02. The molecule has 2 rings (SSSR count). The second kappa shape index (κ2) is 5.01. The van der Waals surface area contributed by atoms with Crippen LogP contribution in [0.25, 0.3) is 11.0 Å². The van der Waals surface area contributed by atoms with Crippen molar-refractivity contribution in [2.45, 2.75) is 11.6 Å². The van der Waals surface area contributed by atoms with Crippen molar-refractivity contribution in [3.05, 3.63) is 22.7 Å². The zero-order valence-electron chi connectivity index (χ0n) is 8.03. The Hall–Kier alpha value is -0.520. The molecule has 0 fully saturated rings. The van der Waals surface area contributed by atoms with Gasteiger partial charge in [-0.3, -0.25) is 0 Å². The minimum atomic E-state index is 0.235. The summed E-state index contributed by atoms with van der Waals surface area (Å²) in [6, 6.07) is 5.97. The molecule has 0 radical (unpaired) electrons. The van der Waals surface area contributed by atoms with Crippen LogP contribution in [0.3, 0.4) is 0 Å². The summed E-state index contributed by atoms with van der Waals surface area (Å²) >= 11 is 5.05. The van der Waals surface area contributed by atoms with Crippen LogP contribution in [0.5, 0.6) is 0 Å². The van der Waals surface area contributed by atoms with Crippen molar-refractivity contribution in [2.75, 3.05) is 12.4 Å². The standard InChI is InChI=1S/C10H11BrN2OS/c11-7-2-3-8-9(6-7)13-10(12-8)15-5-1-4-14/h2-3,6,14H,1,4-5H2,(H,12,13). The van der Waals surface area contributed by atoms with E-state index in [-0.39, 0.29) is 6.61 Å². The molecule has 2 N–H and O–H groups in total. The Kier molecular flexibility index (Phi) is 3.66. The molecule has 0 aliphatic heterocycles. The lowest BCUT2D eigenvalue weighted by Gasteiger charge is -1.93. The molecular formula is C10H11BrN2OS. The van der Waals surface area contributed by atoms with Gasteiger partial charge in [-0.25, -0.2) is 4.98 Å². The fraction of sp³-hybridized carbons (Fsp3) is 0.300. The molecule has 0 amide bonds. The lowest BCUT2D eigenvalue weighted by molar-refractivity contribution is 0.296. The lowest BCUT2D eigenvalue weighted by atomic mass is 10.3. The van der Waals surface area contributed by atoms with Crippen LogP contribution in [0, 0.1) is 0 Å². The first-order valence-corrected chi connectivity index (χ1v) is 6.46. The Morgan fingerprint density at radius 2 is 2.33 bits per heavy atom. The maximum absolute atomic E-state index is 8.67. The Labute approximate surface area is 100 Å². The molecule has 80 valence electrons. The molecule has 1 heterocycles. The number of halogens is 1. The van der Waals surface area contributed by atoms with Crippen LogP contribution in [0.2, 0.25) is 0 Å². The van der Waals surface area contributed by atoms with Gasteiger partial charge in [0, 0.05) is 16.8 Å². The highest BCUT2D eigenvalue weighted by atomic mass is 79.9. The average molecular weight is 287 g/mol. The van der Waals surface area contributed by atoms with E-state index < -0.39 is 0 Å². The van der Waals surface area contributed by atoms with Crippen LogP contribution in [0.4, 0.5) is 0 Å². The predicted octanol–water partition coefficient (Wildman–Crippen LogP) is 2.80. The molecule has 0 atom stereocenters. The SMILES string of the molecule is OCCCSc1nc2ccc(Br)cc2[nH]1. The summed E-state index contributed by atoms with van der Waals surface area (Å²) in [5.74, 6) is 0.886. The first-order valence-electron chi connectivity index (χ1n) is 4.68. The lowest BCUT2D eigenvalue weighted by Crippen LogP contribution is -1.85. The van der Waals surface area contributed by atoms with E-state index in [1.807, 2.05) is 18.2 Å². The number of aliphatic hydroxyl groups is 1. The number of hydrogen-bond donors (Lipinski definition) is 2. The van der Waals surface area contributed by atoms with E-state index in [0.717, 1.165) is 32.8 Å². The van der Waals surface area contributed by atoms with Gasteiger partial charge in [-0.1, -0.05) is 27.7 Å². The molecule has 5 heteroatoms. The normalized spacial score (nSPS) is 11.1. The van der Waals surface area contributed by atoms with Crippen LogP contribution in [-0.4, -0.2) is 27.4 Å². The maximum Gasteiger partial charge on any atom is 0.166 e. The summed E-state index contributed by atoms with van der Waals surface area (Å²) in [6.07, 6.45) is 0.797. The summed E-state index contributed by atoms with van der Waals surface area (Å²) in [6.45, 7) is 0.235. The van der Waals surface area contributed by atoms with E-state index in [2.05, 4.69) is 25.9 Å². The fourth-order valence-electron chi connectivity index (χ4n) is 1.26. The number of imidazole rings is 1. The van der Waals surface area contributed by atoms with Gasteiger partial charge < -0.3 is 10.1 Å². The molecule has 0 unspecified atom stereocenters. The van der Waals surface area contributed by atoms with E-state index in [4.69, 9.17) is 5.11 Å². The Morgan fingerprint density at radius 3 is 3.13 bits per heavy atom. The zero-order chi connectivity index (χ0) is 10.7. The van der Waals surface area contributed by atoms with Gasteiger partial charge >= 0.3 is 0 Å². The third kappa shape index (κ3) is 2.74. The number of aromatic amines is 1. The van der Waals surface area contributed by atoms with Crippen LogP contribution in [0.15, 0.2) is 27.8 Å².